The van der Waals surface area contributed by atoms with Crippen LogP contribution in [0.1, 0.15) is 39.5 Å². The van der Waals surface area contributed by atoms with Crippen LogP contribution in [0.4, 0.5) is 15.8 Å². The van der Waals surface area contributed by atoms with Crippen molar-refractivity contribution < 1.29 is 9.31 Å². The zero-order valence-corrected chi connectivity index (χ0v) is 10.8. The SMILES string of the molecule is CCCCCC(C)Nc1ccc([N+](=O)[O-])cc1F. The molecule has 1 aromatic rings. The molecule has 0 aliphatic rings. The number of nitro benzene ring substituents is 1. The van der Waals surface area contributed by atoms with Crippen molar-refractivity contribution in [3.8, 4) is 0 Å². The van der Waals surface area contributed by atoms with Gasteiger partial charge in [0.05, 0.1) is 16.7 Å². The molecule has 5 heteroatoms. The molecule has 18 heavy (non-hydrogen) atoms. The number of benzene rings is 1. The molecule has 0 fully saturated rings. The molecule has 0 aliphatic heterocycles. The van der Waals surface area contributed by atoms with Crippen molar-refractivity contribution in [3.05, 3.63) is 34.1 Å². The van der Waals surface area contributed by atoms with Gasteiger partial charge in [0.25, 0.3) is 5.69 Å². The van der Waals surface area contributed by atoms with Crippen molar-refractivity contribution >= 4 is 11.4 Å². The van der Waals surface area contributed by atoms with Crippen LogP contribution >= 0.6 is 0 Å². The van der Waals surface area contributed by atoms with Crippen molar-refractivity contribution in [2.24, 2.45) is 0 Å². The lowest BCUT2D eigenvalue weighted by atomic mass is 10.1. The van der Waals surface area contributed by atoms with Crippen LogP contribution in [0, 0.1) is 15.9 Å². The molecule has 0 spiro atoms. The first-order chi connectivity index (χ1) is 8.54. The zero-order valence-electron chi connectivity index (χ0n) is 10.8. The second kappa shape index (κ2) is 6.93. The first-order valence-electron chi connectivity index (χ1n) is 6.25. The van der Waals surface area contributed by atoms with Gasteiger partial charge in [-0.2, -0.15) is 0 Å². The summed E-state index contributed by atoms with van der Waals surface area (Å²) in [5.74, 6) is -0.577. The fourth-order valence-electron chi connectivity index (χ4n) is 1.77. The number of rotatable bonds is 7. The normalized spacial score (nSPS) is 12.2. The Morgan fingerprint density at radius 2 is 2.17 bits per heavy atom. The van der Waals surface area contributed by atoms with Gasteiger partial charge in [-0.25, -0.2) is 4.39 Å². The number of halogens is 1. The zero-order chi connectivity index (χ0) is 13.5. The van der Waals surface area contributed by atoms with Crippen LogP contribution in [0.5, 0.6) is 0 Å². The lowest BCUT2D eigenvalue weighted by molar-refractivity contribution is -0.385. The highest BCUT2D eigenvalue weighted by molar-refractivity contribution is 5.50. The molecular weight excluding hydrogens is 235 g/mol. The van der Waals surface area contributed by atoms with Crippen molar-refractivity contribution in [1.82, 2.24) is 0 Å². The van der Waals surface area contributed by atoms with E-state index < -0.39 is 10.7 Å². The van der Waals surface area contributed by atoms with Crippen LogP contribution < -0.4 is 5.32 Å². The van der Waals surface area contributed by atoms with Gasteiger partial charge >= 0.3 is 0 Å². The second-order valence-electron chi connectivity index (χ2n) is 4.46. The Morgan fingerprint density at radius 3 is 2.72 bits per heavy atom. The third-order valence-electron chi connectivity index (χ3n) is 2.81. The third kappa shape index (κ3) is 4.31. The van der Waals surface area contributed by atoms with E-state index in [1.807, 2.05) is 6.92 Å². The van der Waals surface area contributed by atoms with Crippen LogP contribution in [0.3, 0.4) is 0 Å². The summed E-state index contributed by atoms with van der Waals surface area (Å²) in [7, 11) is 0. The summed E-state index contributed by atoms with van der Waals surface area (Å²) in [6.45, 7) is 4.12. The maximum atomic E-state index is 13.6. The highest BCUT2D eigenvalue weighted by Crippen LogP contribution is 2.21. The largest absolute Gasteiger partial charge is 0.380 e. The number of unbranched alkanes of at least 4 members (excludes halogenated alkanes) is 2. The number of nitrogens with zero attached hydrogens (tertiary/aromatic N) is 1. The summed E-state index contributed by atoms with van der Waals surface area (Å²) < 4.78 is 13.6. The molecule has 1 aromatic carbocycles. The van der Waals surface area contributed by atoms with Gasteiger partial charge in [0, 0.05) is 12.1 Å². The average Bonchev–Trinajstić information content (AvgIpc) is 2.32. The van der Waals surface area contributed by atoms with E-state index in [9.17, 15) is 14.5 Å². The van der Waals surface area contributed by atoms with Crippen molar-refractivity contribution in [3.63, 3.8) is 0 Å². The predicted octanol–water partition coefficient (Wildman–Crippen LogP) is 4.11. The number of nitro groups is 1. The Hall–Kier alpha value is -1.65. The first kappa shape index (κ1) is 14.4. The fraction of sp³-hybridized carbons (Fsp3) is 0.538. The van der Waals surface area contributed by atoms with E-state index in [1.54, 1.807) is 0 Å². The molecule has 0 heterocycles. The summed E-state index contributed by atoms with van der Waals surface area (Å²) in [5.41, 5.74) is 0.0984. The highest BCUT2D eigenvalue weighted by atomic mass is 19.1. The van der Waals surface area contributed by atoms with E-state index >= 15 is 0 Å². The van der Waals surface area contributed by atoms with Gasteiger partial charge in [-0.05, 0) is 19.4 Å². The standard InChI is InChI=1S/C13H19FN2O2/c1-3-4-5-6-10(2)15-13-8-7-11(16(17)18)9-12(13)14/h7-10,15H,3-6H2,1-2H3. The Kier molecular flexibility index (Phi) is 5.55. The number of non-ortho nitro benzene ring substituents is 1. The van der Waals surface area contributed by atoms with E-state index in [0.717, 1.165) is 31.7 Å². The van der Waals surface area contributed by atoms with Gasteiger partial charge < -0.3 is 5.32 Å². The van der Waals surface area contributed by atoms with Crippen LogP contribution in [0.15, 0.2) is 18.2 Å². The molecular formula is C13H19FN2O2. The number of nitrogens with one attached hydrogen (secondary N) is 1. The molecule has 1 atom stereocenters. The Labute approximate surface area is 106 Å². The van der Waals surface area contributed by atoms with Crippen LogP contribution in [-0.4, -0.2) is 11.0 Å². The molecule has 1 rings (SSSR count). The molecule has 0 radical (unpaired) electrons. The van der Waals surface area contributed by atoms with Crippen molar-refractivity contribution in [2.75, 3.05) is 5.32 Å². The quantitative estimate of drug-likeness (QED) is 0.452. The number of anilines is 1. The van der Waals surface area contributed by atoms with Crippen LogP contribution in [-0.2, 0) is 0 Å². The lowest BCUT2D eigenvalue weighted by Gasteiger charge is -2.15. The topological polar surface area (TPSA) is 55.2 Å². The molecule has 1 N–H and O–H groups in total. The summed E-state index contributed by atoms with van der Waals surface area (Å²) in [4.78, 5) is 9.88. The van der Waals surface area contributed by atoms with Gasteiger partial charge in [-0.15, -0.1) is 0 Å². The summed E-state index contributed by atoms with van der Waals surface area (Å²) >= 11 is 0. The van der Waals surface area contributed by atoms with Crippen molar-refractivity contribution in [1.29, 1.82) is 0 Å². The van der Waals surface area contributed by atoms with Gasteiger partial charge in [-0.1, -0.05) is 26.2 Å². The molecule has 100 valence electrons. The molecule has 0 saturated carbocycles. The van der Waals surface area contributed by atoms with E-state index in [0.29, 0.717) is 5.69 Å². The summed E-state index contributed by atoms with van der Waals surface area (Å²) in [6, 6.07) is 3.84. The van der Waals surface area contributed by atoms with Gasteiger partial charge in [0.1, 0.15) is 0 Å². The van der Waals surface area contributed by atoms with Gasteiger partial charge in [0.2, 0.25) is 0 Å². The molecule has 0 bridgehead atoms. The lowest BCUT2D eigenvalue weighted by Crippen LogP contribution is -2.15. The second-order valence-corrected chi connectivity index (χ2v) is 4.46. The molecule has 0 saturated heterocycles. The van der Waals surface area contributed by atoms with Crippen molar-refractivity contribution in [2.45, 2.75) is 45.6 Å². The van der Waals surface area contributed by atoms with Crippen LogP contribution in [0.25, 0.3) is 0 Å². The van der Waals surface area contributed by atoms with E-state index in [1.165, 1.54) is 12.1 Å². The van der Waals surface area contributed by atoms with E-state index in [4.69, 9.17) is 0 Å². The predicted molar refractivity (Wildman–Crippen MR) is 70.3 cm³/mol. The Bertz CT molecular complexity index is 410. The smallest absolute Gasteiger partial charge is 0.272 e. The minimum atomic E-state index is -0.600. The summed E-state index contributed by atoms with van der Waals surface area (Å²) in [5, 5.41) is 13.5. The number of hydrogen-bond acceptors (Lipinski definition) is 3. The first-order valence-corrected chi connectivity index (χ1v) is 6.25. The molecule has 4 nitrogen and oxygen atoms in total. The van der Waals surface area contributed by atoms with Crippen LogP contribution in [0.2, 0.25) is 0 Å². The Balaban J connectivity index is 2.59. The summed E-state index contributed by atoms with van der Waals surface area (Å²) in [6.07, 6.45) is 4.37. The monoisotopic (exact) mass is 254 g/mol. The average molecular weight is 254 g/mol. The fourth-order valence-corrected chi connectivity index (χ4v) is 1.77. The molecule has 0 aliphatic carbocycles. The maximum absolute atomic E-state index is 13.6. The molecule has 0 amide bonds. The maximum Gasteiger partial charge on any atom is 0.272 e. The third-order valence-corrected chi connectivity index (χ3v) is 2.81. The van der Waals surface area contributed by atoms with Gasteiger partial charge in [-0.3, -0.25) is 10.1 Å². The van der Waals surface area contributed by atoms with E-state index in [-0.39, 0.29) is 11.7 Å². The molecule has 0 aromatic heterocycles. The van der Waals surface area contributed by atoms with E-state index in [2.05, 4.69) is 12.2 Å². The number of hydrogen-bond donors (Lipinski definition) is 1. The minimum Gasteiger partial charge on any atom is -0.380 e. The molecule has 1 unspecified atom stereocenters. The van der Waals surface area contributed by atoms with Gasteiger partial charge in [0.15, 0.2) is 5.82 Å². The highest BCUT2D eigenvalue weighted by Gasteiger charge is 2.12. The minimum absolute atomic E-state index is 0.160. The Morgan fingerprint density at radius 1 is 1.44 bits per heavy atom.